The van der Waals surface area contributed by atoms with Gasteiger partial charge < -0.3 is 25.0 Å². The van der Waals surface area contributed by atoms with E-state index in [1.807, 2.05) is 96.1 Å². The molecule has 11 heteroatoms. The van der Waals surface area contributed by atoms with Gasteiger partial charge in [-0.05, 0) is 113 Å². The Balaban J connectivity index is 0.000000197. The van der Waals surface area contributed by atoms with Gasteiger partial charge in [0, 0.05) is 73.6 Å². The zero-order valence-corrected chi connectivity index (χ0v) is 42.9. The van der Waals surface area contributed by atoms with Crippen molar-refractivity contribution >= 4 is 17.9 Å². The summed E-state index contributed by atoms with van der Waals surface area (Å²) in [5.41, 5.74) is 7.65. The molecule has 2 N–H and O–H groups in total. The highest BCUT2D eigenvalue weighted by atomic mass is 16.6. The van der Waals surface area contributed by atoms with Crippen LogP contribution >= 0.6 is 0 Å². The number of cyclic esters (lactones) is 1. The smallest absolute Gasteiger partial charge is 0.409 e. The second-order valence-corrected chi connectivity index (χ2v) is 19.9. The zero-order chi connectivity index (χ0) is 49.1. The lowest BCUT2D eigenvalue weighted by molar-refractivity contribution is 0.0244. The Hall–Kier alpha value is -5.07. The molecule has 5 aliphatic heterocycles. The number of morpholine rings is 1. The third kappa shape index (κ3) is 11.4. The van der Waals surface area contributed by atoms with Crippen LogP contribution in [0, 0.1) is 27.7 Å². The van der Waals surface area contributed by atoms with Gasteiger partial charge in [-0.2, -0.15) is 0 Å². The van der Waals surface area contributed by atoms with Gasteiger partial charge in [-0.1, -0.05) is 118 Å². The number of carbonyl (C=O) groups excluding carboxylic acids is 3. The van der Waals surface area contributed by atoms with Crippen molar-refractivity contribution in [2.24, 2.45) is 0 Å². The highest BCUT2D eigenvalue weighted by Crippen LogP contribution is 2.53. The zero-order valence-electron chi connectivity index (χ0n) is 42.9. The summed E-state index contributed by atoms with van der Waals surface area (Å²) in [5, 5.41) is 6.98. The van der Waals surface area contributed by atoms with E-state index in [0.29, 0.717) is 31.8 Å². The molecule has 9 rings (SSSR count). The van der Waals surface area contributed by atoms with E-state index in [4.69, 9.17) is 9.47 Å². The molecule has 2 bridgehead atoms. The van der Waals surface area contributed by atoms with Gasteiger partial charge in [0.1, 0.15) is 6.61 Å². The standard InChI is InChI=1S/C28H37N3O3.C28H37N3O2.C2H6/c1-5-23-14-15-28(4,31(23)17-16-30-18-19-34-27(30)33)25(22-12-7-6-8-13-22)29-26(32)24-20(2)10-9-11-21(24)3;1-21-7-6-8-22(2)25(21)27(32)29-26(23-9-4-3-5-10-23)28-13-11-24(12-14-28)31(28)16-15-30-17-19-33-20-18-30;1-2/h6-13,23,25H,5,14-19H2,1-4H3,(H,29,32);3-10,24,26H,11-20H2,1-2H3,(H,29,32);1-2H3/t23?,25-,28?;24?,26-,28?;/m11./s1. The molecular weight excluding hydrogens is 861 g/mol. The summed E-state index contributed by atoms with van der Waals surface area (Å²) < 4.78 is 10.7. The monoisotopic (exact) mass is 941 g/mol. The Morgan fingerprint density at radius 1 is 0.623 bits per heavy atom. The van der Waals surface area contributed by atoms with Crippen LogP contribution in [0.4, 0.5) is 4.79 Å². The first kappa shape index (κ1) is 51.8. The van der Waals surface area contributed by atoms with E-state index < -0.39 is 0 Å². The van der Waals surface area contributed by atoms with E-state index in [1.165, 1.54) is 18.4 Å². The van der Waals surface area contributed by atoms with Gasteiger partial charge in [-0.25, -0.2) is 4.79 Å². The number of nitrogens with zero attached hydrogens (tertiary/aromatic N) is 4. The van der Waals surface area contributed by atoms with Crippen molar-refractivity contribution in [1.82, 2.24) is 30.2 Å². The van der Waals surface area contributed by atoms with Crippen molar-refractivity contribution in [3.8, 4) is 0 Å². The first-order chi connectivity index (χ1) is 33.4. The van der Waals surface area contributed by atoms with E-state index in [0.717, 1.165) is 117 Å². The van der Waals surface area contributed by atoms with Crippen molar-refractivity contribution in [2.75, 3.05) is 65.6 Å². The molecule has 4 aromatic carbocycles. The van der Waals surface area contributed by atoms with Crippen molar-refractivity contribution in [2.45, 2.75) is 136 Å². The molecule has 3 amide bonds. The fourth-order valence-electron chi connectivity index (χ4n) is 12.4. The van der Waals surface area contributed by atoms with Crippen molar-refractivity contribution in [3.63, 3.8) is 0 Å². The molecule has 5 fully saturated rings. The number of hydrogen-bond donors (Lipinski definition) is 2. The number of carbonyl (C=O) groups is 3. The number of nitrogens with one attached hydrogen (secondary N) is 2. The van der Waals surface area contributed by atoms with Crippen LogP contribution in [0.1, 0.15) is 139 Å². The Morgan fingerprint density at radius 2 is 1.13 bits per heavy atom. The largest absolute Gasteiger partial charge is 0.448 e. The minimum atomic E-state index is -0.280. The number of rotatable bonds is 15. The second kappa shape index (κ2) is 23.7. The quantitative estimate of drug-likeness (QED) is 0.121. The number of aryl methyl sites for hydroxylation is 4. The molecule has 5 aliphatic rings. The summed E-state index contributed by atoms with van der Waals surface area (Å²) in [4.78, 5) is 48.9. The van der Waals surface area contributed by atoms with E-state index in [9.17, 15) is 14.4 Å². The Labute approximate surface area is 413 Å². The average molecular weight is 941 g/mol. The summed E-state index contributed by atoms with van der Waals surface area (Å²) in [5.74, 6) is 0.0194. The molecule has 0 aromatic heterocycles. The number of hydrogen-bond acceptors (Lipinski definition) is 8. The molecule has 0 aliphatic carbocycles. The van der Waals surface area contributed by atoms with Crippen LogP contribution in [0.15, 0.2) is 97.1 Å². The van der Waals surface area contributed by atoms with E-state index >= 15 is 0 Å². The van der Waals surface area contributed by atoms with Crippen molar-refractivity contribution < 1.29 is 23.9 Å². The minimum absolute atomic E-state index is 0.00937. The normalized spacial score (nSPS) is 24.4. The number of ether oxygens (including phenoxy) is 2. The van der Waals surface area contributed by atoms with Gasteiger partial charge in [0.15, 0.2) is 0 Å². The lowest BCUT2D eigenvalue weighted by atomic mass is 9.78. The minimum Gasteiger partial charge on any atom is -0.448 e. The molecule has 4 aromatic rings. The predicted molar refractivity (Wildman–Crippen MR) is 277 cm³/mol. The SMILES string of the molecule is CC.CCC1CCC(C)([C@H](NC(=O)c2c(C)cccc2C)c2ccccc2)N1CCN1CCOC1=O.Cc1cccc(C)c1C(=O)N[C@H](c1ccccc1)C12CCC(CC1)N2CCN1CCOCC1. The van der Waals surface area contributed by atoms with Gasteiger partial charge in [0.25, 0.3) is 11.8 Å². The molecule has 2 unspecified atom stereocenters. The Bertz CT molecular complexity index is 2270. The van der Waals surface area contributed by atoms with Crippen molar-refractivity contribution in [1.29, 1.82) is 0 Å². The number of likely N-dealkylation sites (tertiary alicyclic amines) is 1. The first-order valence-corrected chi connectivity index (χ1v) is 26.0. The number of amides is 3. The van der Waals surface area contributed by atoms with Crippen LogP contribution in [0.5, 0.6) is 0 Å². The maximum absolute atomic E-state index is 13.7. The maximum Gasteiger partial charge on any atom is 0.409 e. The molecule has 4 atom stereocenters. The summed E-state index contributed by atoms with van der Waals surface area (Å²) in [6.07, 6.45) is 7.60. The number of fused-ring (bicyclic) bond motifs is 2. The van der Waals surface area contributed by atoms with Gasteiger partial charge in [-0.3, -0.25) is 24.3 Å². The number of benzene rings is 4. The van der Waals surface area contributed by atoms with Gasteiger partial charge >= 0.3 is 6.09 Å². The predicted octanol–water partition coefficient (Wildman–Crippen LogP) is 9.99. The van der Waals surface area contributed by atoms with Gasteiger partial charge in [0.2, 0.25) is 0 Å². The van der Waals surface area contributed by atoms with Crippen LogP contribution in [-0.2, 0) is 9.47 Å². The molecule has 5 heterocycles. The van der Waals surface area contributed by atoms with Crippen LogP contribution in [0.3, 0.4) is 0 Å². The van der Waals surface area contributed by atoms with Crippen LogP contribution < -0.4 is 10.6 Å². The van der Waals surface area contributed by atoms with E-state index in [2.05, 4.69) is 81.6 Å². The molecule has 0 saturated carbocycles. The van der Waals surface area contributed by atoms with Crippen molar-refractivity contribution in [3.05, 3.63) is 142 Å². The lowest BCUT2D eigenvalue weighted by Crippen LogP contribution is -2.56. The third-order valence-electron chi connectivity index (χ3n) is 16.0. The van der Waals surface area contributed by atoms with Crippen LogP contribution in [0.25, 0.3) is 0 Å². The van der Waals surface area contributed by atoms with Crippen LogP contribution in [-0.4, -0.2) is 126 Å². The highest BCUT2D eigenvalue weighted by Gasteiger charge is 2.56. The average Bonchev–Trinajstić information content (AvgIpc) is 4.14. The lowest BCUT2D eigenvalue weighted by Gasteiger charge is -2.45. The second-order valence-electron chi connectivity index (χ2n) is 19.9. The first-order valence-electron chi connectivity index (χ1n) is 26.0. The Morgan fingerprint density at radius 3 is 1.64 bits per heavy atom. The summed E-state index contributed by atoms with van der Waals surface area (Å²) in [6.45, 7) is 24.9. The summed E-state index contributed by atoms with van der Waals surface area (Å²) in [7, 11) is 0. The molecule has 0 radical (unpaired) electrons. The van der Waals surface area contributed by atoms with Gasteiger partial charge in [0.05, 0.1) is 31.8 Å². The molecular formula is C58H80N6O5. The molecule has 69 heavy (non-hydrogen) atoms. The summed E-state index contributed by atoms with van der Waals surface area (Å²) in [6, 6.07) is 33.9. The van der Waals surface area contributed by atoms with Gasteiger partial charge in [-0.15, -0.1) is 0 Å². The molecule has 372 valence electrons. The van der Waals surface area contributed by atoms with E-state index in [1.54, 1.807) is 4.90 Å². The fraction of sp³-hybridized carbons (Fsp3) is 0.534. The van der Waals surface area contributed by atoms with Crippen LogP contribution in [0.2, 0.25) is 0 Å². The topological polar surface area (TPSA) is 107 Å². The third-order valence-corrected chi connectivity index (χ3v) is 16.0. The Kier molecular flexibility index (Phi) is 17.8. The highest BCUT2D eigenvalue weighted by molar-refractivity contribution is 5.98. The maximum atomic E-state index is 13.7. The molecule has 11 nitrogen and oxygen atoms in total. The van der Waals surface area contributed by atoms with E-state index in [-0.39, 0.29) is 41.1 Å². The summed E-state index contributed by atoms with van der Waals surface area (Å²) >= 11 is 0. The fourth-order valence-corrected chi connectivity index (χ4v) is 12.4. The molecule has 5 saturated heterocycles. The molecule has 0 spiro atoms.